The van der Waals surface area contributed by atoms with E-state index in [1.54, 1.807) is 11.4 Å². The number of nitrogens with one attached hydrogen (secondary N) is 1. The third-order valence-electron chi connectivity index (χ3n) is 4.89. The highest BCUT2D eigenvalue weighted by molar-refractivity contribution is 7.97. The maximum Gasteiger partial charge on any atom is 0.270 e. The molecule has 1 N–H and O–H groups in total. The molecule has 8 heteroatoms. The van der Waals surface area contributed by atoms with Gasteiger partial charge in [-0.2, -0.15) is 0 Å². The van der Waals surface area contributed by atoms with Crippen molar-refractivity contribution in [1.82, 2.24) is 0 Å². The fraction of sp³-hybridized carbons (Fsp3) is 0.136. The molecule has 30 heavy (non-hydrogen) atoms. The average molecular weight is 443 g/mol. The summed E-state index contributed by atoms with van der Waals surface area (Å²) in [5.41, 5.74) is 3.71. The summed E-state index contributed by atoms with van der Waals surface area (Å²) in [5.74, 6) is -0.933. The Morgan fingerprint density at radius 3 is 2.53 bits per heavy atom. The molecule has 3 aromatic rings. The summed E-state index contributed by atoms with van der Waals surface area (Å²) in [6.07, 6.45) is 1.26. The smallest absolute Gasteiger partial charge is 0.270 e. The number of halogens is 1. The van der Waals surface area contributed by atoms with Gasteiger partial charge in [0.15, 0.2) is 4.91 Å². The molecule has 0 fully saturated rings. The van der Waals surface area contributed by atoms with Crippen molar-refractivity contribution >= 4 is 38.5 Å². The number of hydrogen-bond acceptors (Lipinski definition) is 5. The van der Waals surface area contributed by atoms with Crippen LogP contribution in [0, 0.1) is 19.7 Å². The number of hydrogen-bond donors (Lipinski definition) is 1. The van der Waals surface area contributed by atoms with Crippen LogP contribution in [0.2, 0.25) is 0 Å². The molecule has 0 atom stereocenters. The van der Waals surface area contributed by atoms with Gasteiger partial charge in [0.2, 0.25) is 5.78 Å². The van der Waals surface area contributed by atoms with E-state index >= 15 is 0 Å². The van der Waals surface area contributed by atoms with Gasteiger partial charge < -0.3 is 5.32 Å². The summed E-state index contributed by atoms with van der Waals surface area (Å²) in [5, 5.41) is 4.67. The molecule has 0 aliphatic carbocycles. The predicted octanol–water partition coefficient (Wildman–Crippen LogP) is 4.99. The van der Waals surface area contributed by atoms with E-state index in [4.69, 9.17) is 0 Å². The van der Waals surface area contributed by atoms with Crippen LogP contribution in [-0.4, -0.2) is 14.2 Å². The molecule has 0 amide bonds. The van der Waals surface area contributed by atoms with Crippen LogP contribution in [0.4, 0.5) is 15.8 Å². The van der Waals surface area contributed by atoms with Gasteiger partial charge in [-0.05, 0) is 54.6 Å². The van der Waals surface area contributed by atoms with Gasteiger partial charge in [0.25, 0.3) is 10.0 Å². The number of carbonyl (C=O) groups excluding carboxylic acids is 1. The monoisotopic (exact) mass is 442 g/mol. The quantitative estimate of drug-likeness (QED) is 0.578. The second kappa shape index (κ2) is 7.70. The zero-order valence-electron chi connectivity index (χ0n) is 16.3. The Balaban J connectivity index is 1.74. The maximum atomic E-state index is 13.3. The minimum atomic E-state index is -4.10. The van der Waals surface area contributed by atoms with Crippen LogP contribution in [-0.2, 0) is 16.6 Å². The number of allylic oxidation sites excluding steroid dienone is 1. The highest BCUT2D eigenvalue weighted by Gasteiger charge is 2.41. The fourth-order valence-corrected chi connectivity index (χ4v) is 5.81. The van der Waals surface area contributed by atoms with Crippen LogP contribution in [0.25, 0.3) is 0 Å². The Morgan fingerprint density at radius 1 is 1.10 bits per heavy atom. The van der Waals surface area contributed by atoms with Crippen molar-refractivity contribution in [2.24, 2.45) is 0 Å². The molecular weight excluding hydrogens is 423 g/mol. The van der Waals surface area contributed by atoms with E-state index < -0.39 is 21.6 Å². The van der Waals surface area contributed by atoms with Crippen LogP contribution in [0.5, 0.6) is 0 Å². The first kappa shape index (κ1) is 20.3. The molecule has 0 saturated carbocycles. The molecule has 0 spiro atoms. The zero-order valence-corrected chi connectivity index (χ0v) is 18.0. The Bertz CT molecular complexity index is 1260. The van der Waals surface area contributed by atoms with E-state index in [0.29, 0.717) is 16.1 Å². The standard InChI is InChI=1S/C22H19FN2O3S2/c1-14-3-8-18(15(2)11-14)24-12-20-21(26)22-19(9-10-29-22)25(30(20,27)28)13-16-4-6-17(23)7-5-16/h3-12,24H,13H2,1-2H3/b20-12-. The molecule has 2 aromatic carbocycles. The number of thiophene rings is 1. The Morgan fingerprint density at radius 2 is 1.83 bits per heavy atom. The van der Waals surface area contributed by atoms with Crippen molar-refractivity contribution in [3.63, 3.8) is 0 Å². The topological polar surface area (TPSA) is 66.5 Å². The van der Waals surface area contributed by atoms with Crippen molar-refractivity contribution in [3.8, 4) is 0 Å². The van der Waals surface area contributed by atoms with E-state index in [-0.39, 0.29) is 11.4 Å². The maximum absolute atomic E-state index is 13.3. The average Bonchev–Trinajstić information content (AvgIpc) is 3.17. The van der Waals surface area contributed by atoms with E-state index in [1.807, 2.05) is 32.0 Å². The predicted molar refractivity (Wildman–Crippen MR) is 118 cm³/mol. The van der Waals surface area contributed by atoms with Gasteiger partial charge in [-0.3, -0.25) is 9.10 Å². The first-order valence-electron chi connectivity index (χ1n) is 9.21. The van der Waals surface area contributed by atoms with Gasteiger partial charge in [-0.15, -0.1) is 11.3 Å². The minimum Gasteiger partial charge on any atom is -0.360 e. The number of aryl methyl sites for hydroxylation is 2. The van der Waals surface area contributed by atoms with E-state index in [9.17, 15) is 17.6 Å². The summed E-state index contributed by atoms with van der Waals surface area (Å²) in [4.78, 5) is 13.0. The molecule has 4 rings (SSSR count). The second-order valence-electron chi connectivity index (χ2n) is 7.07. The van der Waals surface area contributed by atoms with E-state index in [1.165, 1.54) is 46.1 Å². The molecule has 0 radical (unpaired) electrons. The van der Waals surface area contributed by atoms with Crippen LogP contribution >= 0.6 is 11.3 Å². The summed E-state index contributed by atoms with van der Waals surface area (Å²) in [6, 6.07) is 13.0. The molecule has 0 saturated heterocycles. The van der Waals surface area contributed by atoms with Crippen LogP contribution in [0.1, 0.15) is 26.4 Å². The summed E-state index contributed by atoms with van der Waals surface area (Å²) < 4.78 is 41.1. The lowest BCUT2D eigenvalue weighted by molar-refractivity contribution is 0.104. The molecule has 0 unspecified atom stereocenters. The summed E-state index contributed by atoms with van der Waals surface area (Å²) in [7, 11) is -4.10. The van der Waals surface area contributed by atoms with Crippen LogP contribution in [0.15, 0.2) is 65.0 Å². The number of ketones is 1. The van der Waals surface area contributed by atoms with Crippen molar-refractivity contribution in [1.29, 1.82) is 0 Å². The largest absolute Gasteiger partial charge is 0.360 e. The van der Waals surface area contributed by atoms with Crippen molar-refractivity contribution in [2.45, 2.75) is 20.4 Å². The van der Waals surface area contributed by atoms with Crippen molar-refractivity contribution in [3.05, 3.63) is 92.4 Å². The highest BCUT2D eigenvalue weighted by Crippen LogP contribution is 2.39. The molecule has 5 nitrogen and oxygen atoms in total. The van der Waals surface area contributed by atoms with Gasteiger partial charge in [0.05, 0.1) is 12.2 Å². The number of rotatable bonds is 4. The van der Waals surface area contributed by atoms with Crippen LogP contribution in [0.3, 0.4) is 0 Å². The van der Waals surface area contributed by atoms with Crippen molar-refractivity contribution < 1.29 is 17.6 Å². The highest BCUT2D eigenvalue weighted by atomic mass is 32.2. The summed E-state index contributed by atoms with van der Waals surface area (Å²) in [6.45, 7) is 3.87. The number of anilines is 2. The number of benzene rings is 2. The second-order valence-corrected chi connectivity index (χ2v) is 9.82. The normalized spacial score (nSPS) is 16.6. The third-order valence-corrected chi connectivity index (χ3v) is 7.56. The molecule has 0 bridgehead atoms. The molecule has 2 heterocycles. The molecule has 1 aromatic heterocycles. The SMILES string of the molecule is Cc1ccc(N/C=C2/C(=O)c3sccc3N(Cc3ccc(F)cc3)S2(=O)=O)c(C)c1. The zero-order chi connectivity index (χ0) is 21.5. The Kier molecular flexibility index (Phi) is 5.21. The van der Waals surface area contributed by atoms with Gasteiger partial charge >= 0.3 is 0 Å². The van der Waals surface area contributed by atoms with E-state index in [0.717, 1.165) is 16.8 Å². The molecule has 154 valence electrons. The molecule has 1 aliphatic rings. The van der Waals surface area contributed by atoms with Crippen molar-refractivity contribution in [2.75, 3.05) is 9.62 Å². The number of sulfonamides is 1. The van der Waals surface area contributed by atoms with Gasteiger partial charge in [0, 0.05) is 11.9 Å². The minimum absolute atomic E-state index is 0.000522. The molecule has 1 aliphatic heterocycles. The lowest BCUT2D eigenvalue weighted by atomic mass is 10.1. The lowest BCUT2D eigenvalue weighted by Crippen LogP contribution is -2.38. The first-order chi connectivity index (χ1) is 14.3. The fourth-order valence-electron chi connectivity index (χ4n) is 3.33. The van der Waals surface area contributed by atoms with Crippen LogP contribution < -0.4 is 9.62 Å². The summed E-state index contributed by atoms with van der Waals surface area (Å²) >= 11 is 1.20. The first-order valence-corrected chi connectivity index (χ1v) is 11.5. The third kappa shape index (κ3) is 3.64. The van der Waals surface area contributed by atoms with Gasteiger partial charge in [0.1, 0.15) is 10.7 Å². The number of Topliss-reactive ketones (excluding diaryl/α,β-unsaturated/α-hetero) is 1. The number of carbonyl (C=O) groups is 1. The Labute approximate surface area is 178 Å². The molecular formula is C22H19FN2O3S2. The number of fused-ring (bicyclic) bond motifs is 1. The Hall–Kier alpha value is -2.97. The lowest BCUT2D eigenvalue weighted by Gasteiger charge is -2.29. The number of nitrogens with zero attached hydrogens (tertiary/aromatic N) is 1. The van der Waals surface area contributed by atoms with Gasteiger partial charge in [-0.25, -0.2) is 12.8 Å². The van der Waals surface area contributed by atoms with Gasteiger partial charge in [-0.1, -0.05) is 29.8 Å². The van der Waals surface area contributed by atoms with E-state index in [2.05, 4.69) is 5.32 Å².